The molecule has 1 amide bonds. The molecule has 1 fully saturated rings. The van der Waals surface area contributed by atoms with Crippen LogP contribution in [-0.2, 0) is 9.59 Å². The molecule has 0 spiro atoms. The van der Waals surface area contributed by atoms with E-state index >= 15 is 0 Å². The van der Waals surface area contributed by atoms with Gasteiger partial charge in [-0.3, -0.25) is 9.59 Å². The van der Waals surface area contributed by atoms with E-state index in [0.717, 1.165) is 5.56 Å². The molecular weight excluding hydrogens is 356 g/mol. The average molecular weight is 380 g/mol. The van der Waals surface area contributed by atoms with Crippen molar-refractivity contribution < 1.29 is 19.8 Å². The number of hydrogen-bond acceptors (Lipinski definition) is 5. The molecule has 2 aromatic rings. The summed E-state index contributed by atoms with van der Waals surface area (Å²) in [4.78, 5) is 27.0. The summed E-state index contributed by atoms with van der Waals surface area (Å²) in [5, 5.41) is 22.7. The molecule has 28 heavy (non-hydrogen) atoms. The molecular formula is C22H24N2O4. The first-order chi connectivity index (χ1) is 13.6. The van der Waals surface area contributed by atoms with E-state index in [1.54, 1.807) is 24.3 Å². The lowest BCUT2D eigenvalue weighted by Gasteiger charge is -2.25. The van der Waals surface area contributed by atoms with Gasteiger partial charge >= 0.3 is 0 Å². The van der Waals surface area contributed by atoms with Gasteiger partial charge in [-0.05, 0) is 18.5 Å². The van der Waals surface area contributed by atoms with Crippen molar-refractivity contribution >= 4 is 17.4 Å². The molecule has 1 aliphatic rings. The Bertz CT molecular complexity index is 849. The predicted molar refractivity (Wildman–Crippen MR) is 106 cm³/mol. The van der Waals surface area contributed by atoms with Crippen LogP contribution in [0.25, 0.3) is 5.76 Å². The third-order valence-electron chi connectivity index (χ3n) is 4.74. The number of hydrogen-bond donors (Lipinski definition) is 3. The van der Waals surface area contributed by atoms with Gasteiger partial charge in [0.15, 0.2) is 0 Å². The second kappa shape index (κ2) is 9.30. The summed E-state index contributed by atoms with van der Waals surface area (Å²) in [6.45, 7) is 1.51. The van der Waals surface area contributed by atoms with Gasteiger partial charge in [0, 0.05) is 18.7 Å². The number of benzene rings is 2. The fraction of sp³-hybridized carbons (Fsp3) is 0.273. The first kappa shape index (κ1) is 19.8. The van der Waals surface area contributed by atoms with Gasteiger partial charge < -0.3 is 20.4 Å². The molecule has 2 aromatic carbocycles. The van der Waals surface area contributed by atoms with E-state index in [1.807, 2.05) is 36.4 Å². The molecule has 3 rings (SSSR count). The van der Waals surface area contributed by atoms with Crippen LogP contribution >= 0.6 is 0 Å². The Morgan fingerprint density at radius 1 is 0.964 bits per heavy atom. The zero-order valence-electron chi connectivity index (χ0n) is 15.5. The quantitative estimate of drug-likeness (QED) is 0.282. The molecule has 6 nitrogen and oxygen atoms in total. The summed E-state index contributed by atoms with van der Waals surface area (Å²) < 4.78 is 0. The second-order valence-corrected chi connectivity index (χ2v) is 6.60. The number of aliphatic hydroxyl groups is 2. The highest BCUT2D eigenvalue weighted by molar-refractivity contribution is 6.46. The Balaban J connectivity index is 1.96. The molecule has 6 heteroatoms. The van der Waals surface area contributed by atoms with E-state index in [1.165, 1.54) is 4.90 Å². The van der Waals surface area contributed by atoms with Crippen molar-refractivity contribution in [3.05, 3.63) is 77.4 Å². The molecule has 146 valence electrons. The number of likely N-dealkylation sites (tertiary alicyclic amines) is 1. The lowest BCUT2D eigenvalue weighted by atomic mass is 9.95. The average Bonchev–Trinajstić information content (AvgIpc) is 2.99. The number of carbonyl (C=O) groups is 2. The van der Waals surface area contributed by atoms with E-state index in [9.17, 15) is 14.7 Å². The summed E-state index contributed by atoms with van der Waals surface area (Å²) in [7, 11) is 0. The summed E-state index contributed by atoms with van der Waals surface area (Å²) in [5.41, 5.74) is 1.40. The minimum absolute atomic E-state index is 0.0472. The number of aliphatic hydroxyl groups excluding tert-OH is 2. The van der Waals surface area contributed by atoms with Crippen molar-refractivity contribution in [3.8, 4) is 0 Å². The molecule has 0 bridgehead atoms. The maximum atomic E-state index is 12.8. The fourth-order valence-corrected chi connectivity index (χ4v) is 3.42. The highest BCUT2D eigenvalue weighted by atomic mass is 16.3. The number of ketones is 1. The summed E-state index contributed by atoms with van der Waals surface area (Å²) >= 11 is 0. The third kappa shape index (κ3) is 4.13. The third-order valence-corrected chi connectivity index (χ3v) is 4.74. The van der Waals surface area contributed by atoms with E-state index in [2.05, 4.69) is 5.32 Å². The van der Waals surface area contributed by atoms with Gasteiger partial charge in [0.1, 0.15) is 5.76 Å². The van der Waals surface area contributed by atoms with Crippen LogP contribution in [0.3, 0.4) is 0 Å². The highest BCUT2D eigenvalue weighted by Crippen LogP contribution is 2.39. The topological polar surface area (TPSA) is 89.9 Å². The second-order valence-electron chi connectivity index (χ2n) is 6.60. The predicted octanol–water partition coefficient (Wildman–Crippen LogP) is 2.08. The van der Waals surface area contributed by atoms with Gasteiger partial charge in [0.25, 0.3) is 11.7 Å². The van der Waals surface area contributed by atoms with Crippen molar-refractivity contribution in [2.45, 2.75) is 12.5 Å². The van der Waals surface area contributed by atoms with Crippen LogP contribution in [0.4, 0.5) is 0 Å². The van der Waals surface area contributed by atoms with Crippen LogP contribution in [0.15, 0.2) is 66.2 Å². The van der Waals surface area contributed by atoms with Gasteiger partial charge in [-0.25, -0.2) is 0 Å². The molecule has 1 atom stereocenters. The van der Waals surface area contributed by atoms with Crippen LogP contribution in [0.2, 0.25) is 0 Å². The molecule has 1 heterocycles. The molecule has 0 saturated carbocycles. The maximum absolute atomic E-state index is 12.8. The molecule has 3 N–H and O–H groups in total. The lowest BCUT2D eigenvalue weighted by Crippen LogP contribution is -2.32. The summed E-state index contributed by atoms with van der Waals surface area (Å²) in [6, 6.07) is 17.4. The number of nitrogens with zero attached hydrogens (tertiary/aromatic N) is 1. The summed E-state index contributed by atoms with van der Waals surface area (Å²) in [5.74, 6) is -1.43. The number of nitrogens with one attached hydrogen (secondary N) is 1. The lowest BCUT2D eigenvalue weighted by molar-refractivity contribution is -0.139. The first-order valence-electron chi connectivity index (χ1n) is 9.35. The molecule has 1 unspecified atom stereocenters. The van der Waals surface area contributed by atoms with Crippen molar-refractivity contribution in [2.24, 2.45) is 0 Å². The summed E-state index contributed by atoms with van der Waals surface area (Å²) in [6.07, 6.45) is 0.627. The number of Topliss-reactive ketones (excluding diaryl/α,β-unsaturated/α-hetero) is 1. The van der Waals surface area contributed by atoms with E-state index in [-0.39, 0.29) is 17.9 Å². The molecule has 0 aliphatic carbocycles. The van der Waals surface area contributed by atoms with Gasteiger partial charge in [0.05, 0.1) is 18.2 Å². The van der Waals surface area contributed by atoms with E-state index in [0.29, 0.717) is 31.6 Å². The molecule has 1 saturated heterocycles. The zero-order valence-corrected chi connectivity index (χ0v) is 15.5. The Hall–Kier alpha value is -2.96. The van der Waals surface area contributed by atoms with Crippen LogP contribution in [0.5, 0.6) is 0 Å². The van der Waals surface area contributed by atoms with Crippen molar-refractivity contribution in [1.29, 1.82) is 0 Å². The van der Waals surface area contributed by atoms with Gasteiger partial charge in [0.2, 0.25) is 0 Å². The number of rotatable bonds is 8. The van der Waals surface area contributed by atoms with Crippen LogP contribution < -0.4 is 5.32 Å². The van der Waals surface area contributed by atoms with Gasteiger partial charge in [-0.1, -0.05) is 60.7 Å². The molecule has 0 radical (unpaired) electrons. The Morgan fingerprint density at radius 2 is 1.61 bits per heavy atom. The SMILES string of the molecule is O=C1C(=O)N(CCCNCCO)C(c2ccccc2)C1=C(O)c1ccccc1. The van der Waals surface area contributed by atoms with Crippen LogP contribution in [-0.4, -0.2) is 53.0 Å². The van der Waals surface area contributed by atoms with Crippen molar-refractivity contribution in [2.75, 3.05) is 26.2 Å². The minimum Gasteiger partial charge on any atom is -0.507 e. The van der Waals surface area contributed by atoms with Gasteiger partial charge in [-0.2, -0.15) is 0 Å². The smallest absolute Gasteiger partial charge is 0.295 e. The fourth-order valence-electron chi connectivity index (χ4n) is 3.42. The standard InChI is InChI=1S/C22H24N2O4/c25-15-13-23-12-7-14-24-19(16-8-3-1-4-9-16)18(21(27)22(24)28)20(26)17-10-5-2-6-11-17/h1-6,8-11,19,23,25-26H,7,12-15H2. The molecule has 0 aromatic heterocycles. The highest BCUT2D eigenvalue weighted by Gasteiger charge is 2.45. The Morgan fingerprint density at radius 3 is 2.25 bits per heavy atom. The van der Waals surface area contributed by atoms with E-state index < -0.39 is 17.7 Å². The van der Waals surface area contributed by atoms with Crippen molar-refractivity contribution in [1.82, 2.24) is 10.2 Å². The largest absolute Gasteiger partial charge is 0.507 e. The van der Waals surface area contributed by atoms with Crippen LogP contribution in [0.1, 0.15) is 23.6 Å². The van der Waals surface area contributed by atoms with E-state index in [4.69, 9.17) is 5.11 Å². The number of carbonyl (C=O) groups excluding carboxylic acids is 2. The Labute approximate surface area is 164 Å². The van der Waals surface area contributed by atoms with Crippen molar-refractivity contribution in [3.63, 3.8) is 0 Å². The monoisotopic (exact) mass is 380 g/mol. The zero-order chi connectivity index (χ0) is 19.9. The Kier molecular flexibility index (Phi) is 6.57. The maximum Gasteiger partial charge on any atom is 0.295 e. The number of amides is 1. The normalized spacial score (nSPS) is 18.6. The van der Waals surface area contributed by atoms with Gasteiger partial charge in [-0.15, -0.1) is 0 Å². The van der Waals surface area contributed by atoms with Crippen LogP contribution in [0, 0.1) is 0 Å². The first-order valence-corrected chi connectivity index (χ1v) is 9.35. The minimum atomic E-state index is -0.668. The molecule has 1 aliphatic heterocycles.